The summed E-state index contributed by atoms with van der Waals surface area (Å²) in [5, 5.41) is 23.2. The average Bonchev–Trinajstić information content (AvgIpc) is 2.75. The molecule has 0 aromatic heterocycles. The molecular weight excluding hydrogens is 472 g/mol. The van der Waals surface area contributed by atoms with Gasteiger partial charge < -0.3 is 30.3 Å². The summed E-state index contributed by atoms with van der Waals surface area (Å²) in [6.45, 7) is 8.40. The molecule has 0 spiro atoms. The van der Waals surface area contributed by atoms with Gasteiger partial charge in [-0.25, -0.2) is 19.2 Å². The molecule has 0 aromatic carbocycles. The van der Waals surface area contributed by atoms with Gasteiger partial charge in [-0.1, -0.05) is 68.5 Å². The Bertz CT molecular complexity index is 609. The van der Waals surface area contributed by atoms with Crippen molar-refractivity contribution in [2.45, 2.75) is 71.9 Å². The molecule has 0 heterocycles. The molecule has 33 heavy (non-hydrogen) atoms. The summed E-state index contributed by atoms with van der Waals surface area (Å²) in [5.41, 5.74) is 0. The van der Waals surface area contributed by atoms with Crippen LogP contribution in [0.2, 0.25) is 0 Å². The van der Waals surface area contributed by atoms with Crippen LogP contribution in [-0.2, 0) is 19.1 Å². The Kier molecular flexibility index (Phi) is 17.6. The van der Waals surface area contributed by atoms with Gasteiger partial charge in [-0.05, 0) is 24.7 Å². The average molecular weight is 511 g/mol. The van der Waals surface area contributed by atoms with Gasteiger partial charge in [0.2, 0.25) is 0 Å². The number of aliphatic carboxylic acids is 2. The Hall–Kier alpha value is -1.82. The van der Waals surface area contributed by atoms with E-state index in [1.54, 1.807) is 0 Å². The van der Waals surface area contributed by atoms with Crippen LogP contribution < -0.4 is 10.6 Å². The van der Waals surface area contributed by atoms with Gasteiger partial charge in [0.05, 0.1) is 13.2 Å². The van der Waals surface area contributed by atoms with Crippen molar-refractivity contribution in [2.75, 3.05) is 24.7 Å². The highest BCUT2D eigenvalue weighted by Gasteiger charge is 2.24. The molecular formula is C21H38N2O8S2. The first kappa shape index (κ1) is 31.2. The minimum atomic E-state index is -1.23. The summed E-state index contributed by atoms with van der Waals surface area (Å²) in [6.07, 6.45) is 3.23. The Morgan fingerprint density at radius 2 is 1.18 bits per heavy atom. The maximum Gasteiger partial charge on any atom is 0.407 e. The molecule has 0 aliphatic carbocycles. The largest absolute Gasteiger partial charge is 0.480 e. The summed E-state index contributed by atoms with van der Waals surface area (Å²) in [4.78, 5) is 46.5. The van der Waals surface area contributed by atoms with E-state index >= 15 is 0 Å². The highest BCUT2D eigenvalue weighted by atomic mass is 33.1. The number of alkyl carbamates (subject to hydrolysis) is 2. The minimum absolute atomic E-state index is 0.00813. The second-order valence-electron chi connectivity index (χ2n) is 7.98. The van der Waals surface area contributed by atoms with Crippen molar-refractivity contribution >= 4 is 45.7 Å². The smallest absolute Gasteiger partial charge is 0.407 e. The van der Waals surface area contributed by atoms with Gasteiger partial charge in [-0.15, -0.1) is 0 Å². The molecule has 4 unspecified atom stereocenters. The zero-order valence-electron chi connectivity index (χ0n) is 19.8. The van der Waals surface area contributed by atoms with Gasteiger partial charge in [0, 0.05) is 11.5 Å². The number of nitrogens with one attached hydrogen (secondary N) is 2. The maximum atomic E-state index is 11.9. The number of rotatable bonds is 18. The van der Waals surface area contributed by atoms with E-state index < -0.39 is 36.2 Å². The van der Waals surface area contributed by atoms with Crippen molar-refractivity contribution in [1.29, 1.82) is 0 Å². The fourth-order valence-corrected chi connectivity index (χ4v) is 4.91. The quantitative estimate of drug-likeness (QED) is 0.157. The van der Waals surface area contributed by atoms with Gasteiger partial charge in [-0.2, -0.15) is 0 Å². The first-order valence-corrected chi connectivity index (χ1v) is 13.7. The summed E-state index contributed by atoms with van der Waals surface area (Å²) in [7, 11) is 2.15. The highest BCUT2D eigenvalue weighted by molar-refractivity contribution is 8.76. The van der Waals surface area contributed by atoms with Crippen LogP contribution in [0.1, 0.15) is 59.8 Å². The van der Waals surface area contributed by atoms with Crippen molar-refractivity contribution in [3.8, 4) is 0 Å². The number of carbonyl (C=O) groups excluding carboxylic acids is 2. The Morgan fingerprint density at radius 1 is 0.758 bits per heavy atom. The summed E-state index contributed by atoms with van der Waals surface area (Å²) < 4.78 is 10.1. The number of carboxylic acids is 2. The molecule has 0 aliphatic heterocycles. The van der Waals surface area contributed by atoms with Crippen LogP contribution in [-0.4, -0.2) is 71.1 Å². The van der Waals surface area contributed by atoms with Crippen molar-refractivity contribution in [3.05, 3.63) is 0 Å². The lowest BCUT2D eigenvalue weighted by Gasteiger charge is -2.17. The molecule has 12 heteroatoms. The summed E-state index contributed by atoms with van der Waals surface area (Å²) in [5.74, 6) is -2.10. The summed E-state index contributed by atoms with van der Waals surface area (Å²) >= 11 is 0. The number of carboxylic acid groups (broad SMARTS) is 2. The molecule has 0 rings (SSSR count). The standard InChI is InChI=1S/C21H38N2O8S2/c1-5-7-9-15(4)11-31-21(29)23-17(19(26)27)13-33-32-12-16(18(24)25)22-20(28)30-10-14(3)8-6-2/h14-17H,5-13H2,1-4H3,(H,22,28)(H,23,29)(H,24,25)(H,26,27). The Morgan fingerprint density at radius 3 is 1.55 bits per heavy atom. The van der Waals surface area contributed by atoms with Crippen LogP contribution in [0.4, 0.5) is 9.59 Å². The first-order chi connectivity index (χ1) is 15.6. The van der Waals surface area contributed by atoms with Crippen molar-refractivity contribution in [2.24, 2.45) is 11.8 Å². The van der Waals surface area contributed by atoms with Crippen LogP contribution in [0, 0.1) is 11.8 Å². The third kappa shape index (κ3) is 16.4. The van der Waals surface area contributed by atoms with Crippen molar-refractivity contribution in [1.82, 2.24) is 10.6 Å². The monoisotopic (exact) mass is 510 g/mol. The van der Waals surface area contributed by atoms with Crippen LogP contribution >= 0.6 is 21.6 Å². The van der Waals surface area contributed by atoms with E-state index in [4.69, 9.17) is 9.47 Å². The normalized spacial score (nSPS) is 14.4. The maximum absolute atomic E-state index is 11.9. The number of unbranched alkanes of at least 4 members (excludes halogenated alkanes) is 1. The van der Waals surface area contributed by atoms with Gasteiger partial charge in [-0.3, -0.25) is 0 Å². The van der Waals surface area contributed by atoms with E-state index in [9.17, 15) is 29.4 Å². The summed E-state index contributed by atoms with van der Waals surface area (Å²) in [6, 6.07) is -2.38. The zero-order valence-corrected chi connectivity index (χ0v) is 21.5. The van der Waals surface area contributed by atoms with E-state index in [0.29, 0.717) is 0 Å². The number of hydrogen-bond donors (Lipinski definition) is 4. The molecule has 0 saturated heterocycles. The third-order valence-corrected chi connectivity index (χ3v) is 6.98. The minimum Gasteiger partial charge on any atom is -0.480 e. The van der Waals surface area contributed by atoms with E-state index in [1.165, 1.54) is 0 Å². The van der Waals surface area contributed by atoms with Crippen LogP contribution in [0.3, 0.4) is 0 Å². The fourth-order valence-electron chi connectivity index (χ4n) is 2.60. The molecule has 10 nitrogen and oxygen atoms in total. The second kappa shape index (κ2) is 18.6. The zero-order chi connectivity index (χ0) is 25.2. The van der Waals surface area contributed by atoms with E-state index in [2.05, 4.69) is 17.6 Å². The Labute approximate surface area is 203 Å². The van der Waals surface area contributed by atoms with Crippen molar-refractivity contribution < 1.29 is 38.9 Å². The molecule has 192 valence electrons. The molecule has 0 saturated carbocycles. The number of ether oxygens (including phenoxy) is 2. The molecule has 0 fully saturated rings. The topological polar surface area (TPSA) is 151 Å². The van der Waals surface area contributed by atoms with Crippen LogP contribution in [0.15, 0.2) is 0 Å². The van der Waals surface area contributed by atoms with E-state index in [-0.39, 0.29) is 36.6 Å². The third-order valence-electron chi connectivity index (χ3n) is 4.56. The molecule has 0 aliphatic rings. The first-order valence-electron chi connectivity index (χ1n) is 11.2. The van der Waals surface area contributed by atoms with Crippen LogP contribution in [0.5, 0.6) is 0 Å². The predicted molar refractivity (Wildman–Crippen MR) is 129 cm³/mol. The predicted octanol–water partition coefficient (Wildman–Crippen LogP) is 3.99. The number of hydrogen-bond acceptors (Lipinski definition) is 8. The lowest BCUT2D eigenvalue weighted by molar-refractivity contribution is -0.139. The highest BCUT2D eigenvalue weighted by Crippen LogP contribution is 2.23. The van der Waals surface area contributed by atoms with Gasteiger partial charge in [0.15, 0.2) is 0 Å². The SMILES string of the molecule is CCCCC(C)COC(=O)NC(CSSCC(NC(=O)OCC(C)CCC)C(=O)O)C(=O)O. The van der Waals surface area contributed by atoms with E-state index in [1.807, 2.05) is 20.8 Å². The Balaban J connectivity index is 4.37. The molecule has 0 radical (unpaired) electrons. The molecule has 0 aromatic rings. The van der Waals surface area contributed by atoms with Crippen molar-refractivity contribution in [3.63, 3.8) is 0 Å². The second-order valence-corrected chi connectivity index (χ2v) is 10.5. The molecule has 4 N–H and O–H groups in total. The number of carbonyl (C=O) groups is 4. The van der Waals surface area contributed by atoms with Gasteiger partial charge >= 0.3 is 24.1 Å². The van der Waals surface area contributed by atoms with Gasteiger partial charge in [0.25, 0.3) is 0 Å². The molecule has 2 amide bonds. The fraction of sp³-hybridized carbons (Fsp3) is 0.810. The molecule has 4 atom stereocenters. The van der Waals surface area contributed by atoms with Crippen LogP contribution in [0.25, 0.3) is 0 Å². The lowest BCUT2D eigenvalue weighted by Crippen LogP contribution is -2.44. The van der Waals surface area contributed by atoms with E-state index in [0.717, 1.165) is 53.7 Å². The van der Waals surface area contributed by atoms with Gasteiger partial charge in [0.1, 0.15) is 12.1 Å². The number of amides is 2. The molecule has 0 bridgehead atoms. The lowest BCUT2D eigenvalue weighted by atomic mass is 10.1.